The molecule has 1 unspecified atom stereocenters. The van der Waals surface area contributed by atoms with E-state index in [4.69, 9.17) is 9.84 Å². The number of halogens is 1. The molecule has 190 valence electrons. The van der Waals surface area contributed by atoms with Crippen molar-refractivity contribution in [2.24, 2.45) is 7.05 Å². The maximum atomic E-state index is 13.4. The maximum Gasteiger partial charge on any atom is 0.240 e. The van der Waals surface area contributed by atoms with Crippen LogP contribution in [0.5, 0.6) is 5.75 Å². The number of amides is 2. The largest absolute Gasteiger partial charge is 0.496 e. The topological polar surface area (TPSA) is 76.5 Å². The number of para-hydroxylation sites is 1. The maximum absolute atomic E-state index is 13.4. The van der Waals surface area contributed by atoms with Crippen LogP contribution in [0.1, 0.15) is 48.4 Å². The Labute approximate surface area is 215 Å². The number of anilines is 1. The normalized spacial score (nSPS) is 15.9. The minimum absolute atomic E-state index is 0.144. The first-order valence-corrected chi connectivity index (χ1v) is 12.8. The number of benzene rings is 2. The summed E-state index contributed by atoms with van der Waals surface area (Å²) in [7, 11) is 3.44. The van der Waals surface area contributed by atoms with Crippen molar-refractivity contribution in [1.29, 1.82) is 0 Å². The third-order valence-electron chi connectivity index (χ3n) is 6.08. The summed E-state index contributed by atoms with van der Waals surface area (Å²) in [6.45, 7) is 6.37. The van der Waals surface area contributed by atoms with Gasteiger partial charge in [-0.15, -0.1) is 11.8 Å². The molecule has 1 aromatic heterocycles. The number of hydrogen-bond donors (Lipinski definition) is 1. The van der Waals surface area contributed by atoms with Crippen molar-refractivity contribution in [2.75, 3.05) is 24.3 Å². The molecule has 9 heteroatoms. The number of methoxy groups -OCH3 is 1. The highest BCUT2D eigenvalue weighted by molar-refractivity contribution is 8.00. The Morgan fingerprint density at radius 1 is 1.19 bits per heavy atom. The van der Waals surface area contributed by atoms with E-state index in [9.17, 15) is 14.0 Å². The first-order chi connectivity index (χ1) is 17.1. The van der Waals surface area contributed by atoms with Gasteiger partial charge >= 0.3 is 0 Å². The van der Waals surface area contributed by atoms with Gasteiger partial charge in [0.15, 0.2) is 0 Å². The molecule has 1 atom stereocenters. The van der Waals surface area contributed by atoms with Crippen molar-refractivity contribution in [1.82, 2.24) is 15.1 Å². The molecule has 0 saturated heterocycles. The van der Waals surface area contributed by atoms with Gasteiger partial charge in [0.1, 0.15) is 23.9 Å². The first kappa shape index (κ1) is 25.8. The molecule has 3 aromatic rings. The van der Waals surface area contributed by atoms with E-state index in [1.807, 2.05) is 24.3 Å². The third-order valence-corrected chi connectivity index (χ3v) is 7.32. The van der Waals surface area contributed by atoms with Crippen LogP contribution in [-0.4, -0.2) is 41.0 Å². The van der Waals surface area contributed by atoms with E-state index < -0.39 is 0 Å². The number of nitrogens with one attached hydrogen (secondary N) is 1. The molecule has 0 fully saturated rings. The number of nitrogens with zero attached hydrogens (tertiary/aromatic N) is 3. The van der Waals surface area contributed by atoms with E-state index in [0.29, 0.717) is 5.82 Å². The number of carbonyl (C=O) groups is 2. The lowest BCUT2D eigenvalue weighted by atomic mass is 9.87. The molecule has 1 aliphatic heterocycles. The summed E-state index contributed by atoms with van der Waals surface area (Å²) in [5.74, 6) is 0.745. The molecule has 1 N–H and O–H groups in total. The zero-order valence-corrected chi connectivity index (χ0v) is 22.0. The minimum atomic E-state index is -0.333. The lowest BCUT2D eigenvalue weighted by molar-refractivity contribution is -0.123. The molecule has 0 radical (unpaired) electrons. The third kappa shape index (κ3) is 5.26. The van der Waals surface area contributed by atoms with Crippen LogP contribution in [0.25, 0.3) is 0 Å². The average Bonchev–Trinajstić information content (AvgIpc) is 3.12. The zero-order chi connectivity index (χ0) is 26.0. The smallest absolute Gasteiger partial charge is 0.240 e. The SMILES string of the molecule is COc1ccccc1C1SCC(=O)N(CC(=O)NCc2ccc(F)cc2)c2c1c(C(C)(C)C)nn2C. The predicted molar refractivity (Wildman–Crippen MR) is 140 cm³/mol. The second-order valence-corrected chi connectivity index (χ2v) is 10.9. The van der Waals surface area contributed by atoms with Crippen LogP contribution in [0, 0.1) is 5.82 Å². The fourth-order valence-electron chi connectivity index (χ4n) is 4.37. The summed E-state index contributed by atoms with van der Waals surface area (Å²) in [5, 5.41) is 7.48. The van der Waals surface area contributed by atoms with Gasteiger partial charge in [0.2, 0.25) is 11.8 Å². The van der Waals surface area contributed by atoms with Gasteiger partial charge in [-0.2, -0.15) is 5.10 Å². The standard InChI is InChI=1S/C27H31FN4O3S/c1-27(2,3)25-23-24(19-8-6-7-9-20(19)35-5)36-16-22(34)32(26(23)31(4)30-25)15-21(33)29-14-17-10-12-18(28)13-11-17/h6-13,24H,14-16H2,1-5H3,(H,29,33). The molecule has 0 bridgehead atoms. The summed E-state index contributed by atoms with van der Waals surface area (Å²) >= 11 is 1.51. The number of aromatic nitrogens is 2. The van der Waals surface area contributed by atoms with Crippen LogP contribution in [0.3, 0.4) is 0 Å². The van der Waals surface area contributed by atoms with E-state index in [1.165, 1.54) is 28.8 Å². The molecular formula is C27H31FN4O3S. The number of carbonyl (C=O) groups excluding carboxylic acids is 2. The second-order valence-electron chi connectivity index (χ2n) is 9.78. The Bertz CT molecular complexity index is 1270. The van der Waals surface area contributed by atoms with Crippen LogP contribution in [0.4, 0.5) is 10.2 Å². The number of rotatable bonds is 6. The van der Waals surface area contributed by atoms with E-state index in [2.05, 4.69) is 26.1 Å². The van der Waals surface area contributed by atoms with Crippen molar-refractivity contribution in [3.8, 4) is 5.75 Å². The van der Waals surface area contributed by atoms with Gasteiger partial charge in [-0.1, -0.05) is 51.1 Å². The van der Waals surface area contributed by atoms with Crippen molar-refractivity contribution in [3.05, 3.63) is 76.7 Å². The van der Waals surface area contributed by atoms with Crippen LogP contribution in [0.2, 0.25) is 0 Å². The van der Waals surface area contributed by atoms with Crippen molar-refractivity contribution < 1.29 is 18.7 Å². The number of aryl methyl sites for hydroxylation is 1. The highest BCUT2D eigenvalue weighted by atomic mass is 32.2. The molecule has 2 heterocycles. The Morgan fingerprint density at radius 3 is 2.56 bits per heavy atom. The minimum Gasteiger partial charge on any atom is -0.496 e. The van der Waals surface area contributed by atoms with Gasteiger partial charge in [0.25, 0.3) is 0 Å². The summed E-state index contributed by atoms with van der Waals surface area (Å²) in [5.41, 5.74) is 3.22. The number of thioether (sulfide) groups is 1. The number of fused-ring (bicyclic) bond motifs is 1. The van der Waals surface area contributed by atoms with Gasteiger partial charge in [-0.05, 0) is 23.8 Å². The summed E-state index contributed by atoms with van der Waals surface area (Å²) in [6, 6.07) is 13.7. The molecule has 2 aromatic carbocycles. The zero-order valence-electron chi connectivity index (χ0n) is 21.2. The molecule has 36 heavy (non-hydrogen) atoms. The summed E-state index contributed by atoms with van der Waals surface area (Å²) in [6.07, 6.45) is 0. The first-order valence-electron chi connectivity index (χ1n) is 11.7. The number of ether oxygens (including phenoxy) is 1. The van der Waals surface area contributed by atoms with Gasteiger partial charge < -0.3 is 10.1 Å². The Hall–Kier alpha value is -3.33. The predicted octanol–water partition coefficient (Wildman–Crippen LogP) is 4.35. The highest BCUT2D eigenvalue weighted by Crippen LogP contribution is 2.49. The van der Waals surface area contributed by atoms with Crippen molar-refractivity contribution in [2.45, 2.75) is 38.0 Å². The molecule has 4 rings (SSSR count). The second kappa shape index (κ2) is 10.3. The van der Waals surface area contributed by atoms with Crippen molar-refractivity contribution >= 4 is 29.4 Å². The summed E-state index contributed by atoms with van der Waals surface area (Å²) in [4.78, 5) is 27.9. The van der Waals surface area contributed by atoms with Crippen molar-refractivity contribution in [3.63, 3.8) is 0 Å². The van der Waals surface area contributed by atoms with E-state index in [0.717, 1.165) is 28.1 Å². The van der Waals surface area contributed by atoms with Gasteiger partial charge in [-0.25, -0.2) is 4.39 Å². The molecule has 2 amide bonds. The van der Waals surface area contributed by atoms with E-state index in [-0.39, 0.29) is 47.1 Å². The fraction of sp³-hybridized carbons (Fsp3) is 0.370. The fourth-order valence-corrected chi connectivity index (χ4v) is 5.60. The van der Waals surface area contributed by atoms with Gasteiger partial charge in [0.05, 0.1) is 23.8 Å². The highest BCUT2D eigenvalue weighted by Gasteiger charge is 2.39. The molecular weight excluding hydrogens is 479 g/mol. The number of hydrogen-bond acceptors (Lipinski definition) is 5. The Balaban J connectivity index is 1.72. The molecule has 1 aliphatic rings. The quantitative estimate of drug-likeness (QED) is 0.534. The van der Waals surface area contributed by atoms with Gasteiger partial charge in [0, 0.05) is 30.1 Å². The lowest BCUT2D eigenvalue weighted by Gasteiger charge is -2.25. The summed E-state index contributed by atoms with van der Waals surface area (Å²) < 4.78 is 20.6. The lowest BCUT2D eigenvalue weighted by Crippen LogP contribution is -2.42. The van der Waals surface area contributed by atoms with Crippen LogP contribution < -0.4 is 15.0 Å². The Kier molecular flexibility index (Phi) is 7.40. The molecule has 0 saturated carbocycles. The van der Waals surface area contributed by atoms with E-state index >= 15 is 0 Å². The monoisotopic (exact) mass is 510 g/mol. The van der Waals surface area contributed by atoms with Crippen LogP contribution in [-0.2, 0) is 28.6 Å². The molecule has 0 aliphatic carbocycles. The average molecular weight is 511 g/mol. The molecule has 0 spiro atoms. The van der Waals surface area contributed by atoms with Crippen LogP contribution in [0.15, 0.2) is 48.5 Å². The van der Waals surface area contributed by atoms with Gasteiger partial charge in [-0.3, -0.25) is 19.2 Å². The van der Waals surface area contributed by atoms with Crippen LogP contribution >= 0.6 is 11.8 Å². The van der Waals surface area contributed by atoms with E-state index in [1.54, 1.807) is 31.0 Å². The Morgan fingerprint density at radius 2 is 1.89 bits per heavy atom. The molecule has 7 nitrogen and oxygen atoms in total.